The monoisotopic (exact) mass is 510 g/mol. The Morgan fingerprint density at radius 1 is 1.00 bits per heavy atom. The average Bonchev–Trinajstić information content (AvgIpc) is 3.75. The summed E-state index contributed by atoms with van der Waals surface area (Å²) in [6, 6.07) is 16.9. The number of H-pyrrole nitrogens is 1. The number of nitrogens with one attached hydrogen (secondary N) is 1. The standard InChI is InChI=1S/C29H30N6OS/c1-2-3-6-27-31-29(14-4-5-15-29)28(36)35(27)19-20-7-9-21(10-8-20)24-17-22(25-13-16-37-33-25)11-12-23(24)26-18-30-34-32-26/h7-13,16-18H,2-6,14-15,19H2,1H3,(H,30,32,34). The minimum atomic E-state index is -0.494. The molecule has 2 aromatic heterocycles. The van der Waals surface area contributed by atoms with Gasteiger partial charge in [-0.25, -0.2) is 0 Å². The number of aromatic nitrogens is 4. The molecule has 7 nitrogen and oxygen atoms in total. The molecule has 3 heterocycles. The maximum atomic E-state index is 13.5. The maximum absolute atomic E-state index is 13.5. The Bertz CT molecular complexity index is 1400. The number of amidine groups is 1. The number of hydrogen-bond donors (Lipinski definition) is 1. The lowest BCUT2D eigenvalue weighted by atomic mass is 9.94. The quantitative estimate of drug-likeness (QED) is 0.293. The fourth-order valence-corrected chi connectivity index (χ4v) is 6.06. The molecule has 2 aromatic carbocycles. The van der Waals surface area contributed by atoms with Gasteiger partial charge in [0.25, 0.3) is 5.91 Å². The predicted molar refractivity (Wildman–Crippen MR) is 147 cm³/mol. The van der Waals surface area contributed by atoms with Crippen LogP contribution in [0.4, 0.5) is 0 Å². The molecule has 1 spiro atoms. The van der Waals surface area contributed by atoms with Gasteiger partial charge in [0.05, 0.1) is 18.4 Å². The highest BCUT2D eigenvalue weighted by Gasteiger charge is 2.49. The Hall–Kier alpha value is -3.65. The van der Waals surface area contributed by atoms with E-state index in [0.717, 1.165) is 90.0 Å². The molecule has 0 unspecified atom stereocenters. The molecular weight excluding hydrogens is 480 g/mol. The molecule has 1 saturated carbocycles. The van der Waals surface area contributed by atoms with Crippen molar-refractivity contribution in [2.24, 2.45) is 4.99 Å². The van der Waals surface area contributed by atoms with Crippen LogP contribution in [0, 0.1) is 0 Å². The normalized spacial score (nSPS) is 16.6. The van der Waals surface area contributed by atoms with Crippen LogP contribution in [0.5, 0.6) is 0 Å². The first kappa shape index (κ1) is 23.7. The molecule has 2 aliphatic rings. The van der Waals surface area contributed by atoms with Gasteiger partial charge in [0.15, 0.2) is 0 Å². The van der Waals surface area contributed by atoms with Gasteiger partial charge in [-0.2, -0.15) is 19.8 Å². The Balaban J connectivity index is 1.30. The van der Waals surface area contributed by atoms with E-state index in [2.05, 4.69) is 69.2 Å². The molecule has 0 saturated heterocycles. The smallest absolute Gasteiger partial charge is 0.256 e. The van der Waals surface area contributed by atoms with Gasteiger partial charge in [-0.3, -0.25) is 14.7 Å². The number of unbranched alkanes of at least 4 members (excludes halogenated alkanes) is 1. The Labute approximate surface area is 220 Å². The van der Waals surface area contributed by atoms with Gasteiger partial charge in [-0.05, 0) is 59.6 Å². The zero-order chi connectivity index (χ0) is 25.2. The molecule has 1 aliphatic heterocycles. The lowest BCUT2D eigenvalue weighted by molar-refractivity contribution is -0.131. The molecule has 0 bridgehead atoms. The number of benzene rings is 2. The lowest BCUT2D eigenvalue weighted by Crippen LogP contribution is -2.40. The van der Waals surface area contributed by atoms with Crippen molar-refractivity contribution in [1.29, 1.82) is 0 Å². The van der Waals surface area contributed by atoms with Crippen LogP contribution in [0.3, 0.4) is 0 Å². The third-order valence-electron chi connectivity index (χ3n) is 7.53. The SMILES string of the molecule is CCCCC1=NC2(CCCC2)C(=O)N1Cc1ccc(-c2cc(-c3ccsn3)ccc2-c2cn[nH]n2)cc1. The van der Waals surface area contributed by atoms with E-state index in [9.17, 15) is 4.79 Å². The summed E-state index contributed by atoms with van der Waals surface area (Å²) < 4.78 is 4.51. The molecule has 1 aliphatic carbocycles. The van der Waals surface area contributed by atoms with Gasteiger partial charge in [0, 0.05) is 22.9 Å². The van der Waals surface area contributed by atoms with Crippen molar-refractivity contribution >= 4 is 23.3 Å². The minimum Gasteiger partial charge on any atom is -0.294 e. The summed E-state index contributed by atoms with van der Waals surface area (Å²) in [6.45, 7) is 2.75. The number of carbonyl (C=O) groups excluding carboxylic acids is 1. The van der Waals surface area contributed by atoms with Gasteiger partial charge < -0.3 is 0 Å². The number of aliphatic imine (C=N–C) groups is 1. The predicted octanol–water partition coefficient (Wildman–Crippen LogP) is 6.51. The fourth-order valence-electron chi connectivity index (χ4n) is 5.53. The van der Waals surface area contributed by atoms with Crippen molar-refractivity contribution < 1.29 is 4.79 Å². The largest absolute Gasteiger partial charge is 0.294 e. The summed E-state index contributed by atoms with van der Waals surface area (Å²) in [6.07, 6.45) is 8.71. The maximum Gasteiger partial charge on any atom is 0.256 e. The molecule has 6 rings (SSSR count). The van der Waals surface area contributed by atoms with Crippen molar-refractivity contribution in [3.63, 3.8) is 0 Å². The third-order valence-corrected chi connectivity index (χ3v) is 8.09. The topological polar surface area (TPSA) is 87.1 Å². The lowest BCUT2D eigenvalue weighted by Gasteiger charge is -2.23. The molecule has 1 N–H and O–H groups in total. The average molecular weight is 511 g/mol. The zero-order valence-electron chi connectivity index (χ0n) is 21.0. The van der Waals surface area contributed by atoms with E-state index < -0.39 is 5.54 Å². The molecule has 8 heteroatoms. The summed E-state index contributed by atoms with van der Waals surface area (Å²) >= 11 is 1.45. The molecule has 1 fully saturated rings. The Morgan fingerprint density at radius 2 is 1.81 bits per heavy atom. The van der Waals surface area contributed by atoms with E-state index in [0.29, 0.717) is 6.54 Å². The van der Waals surface area contributed by atoms with Crippen LogP contribution in [-0.2, 0) is 11.3 Å². The van der Waals surface area contributed by atoms with Gasteiger partial charge in [-0.15, -0.1) is 0 Å². The van der Waals surface area contributed by atoms with Crippen LogP contribution in [0.2, 0.25) is 0 Å². The van der Waals surface area contributed by atoms with Crippen LogP contribution >= 0.6 is 11.5 Å². The highest BCUT2D eigenvalue weighted by atomic mass is 32.1. The van der Waals surface area contributed by atoms with Gasteiger partial charge in [-0.1, -0.05) is 62.6 Å². The number of aromatic amines is 1. The van der Waals surface area contributed by atoms with Crippen molar-refractivity contribution in [2.75, 3.05) is 0 Å². The van der Waals surface area contributed by atoms with E-state index in [-0.39, 0.29) is 5.91 Å². The molecule has 0 radical (unpaired) electrons. The van der Waals surface area contributed by atoms with Gasteiger partial charge >= 0.3 is 0 Å². The highest BCUT2D eigenvalue weighted by molar-refractivity contribution is 7.03. The number of rotatable bonds is 8. The van der Waals surface area contributed by atoms with E-state index in [4.69, 9.17) is 4.99 Å². The molecule has 0 atom stereocenters. The number of nitrogens with zero attached hydrogens (tertiary/aromatic N) is 5. The summed E-state index contributed by atoms with van der Waals surface area (Å²) in [5.74, 6) is 1.17. The number of amides is 1. The van der Waals surface area contributed by atoms with Crippen LogP contribution in [-0.4, -0.2) is 42.0 Å². The highest BCUT2D eigenvalue weighted by Crippen LogP contribution is 2.40. The second kappa shape index (κ2) is 10.0. The first-order chi connectivity index (χ1) is 18.2. The van der Waals surface area contributed by atoms with Crippen LogP contribution in [0.1, 0.15) is 57.4 Å². The molecular formula is C29H30N6OS. The summed E-state index contributed by atoms with van der Waals surface area (Å²) in [4.78, 5) is 20.5. The summed E-state index contributed by atoms with van der Waals surface area (Å²) in [7, 11) is 0. The van der Waals surface area contributed by atoms with Crippen LogP contribution in [0.25, 0.3) is 33.6 Å². The fraction of sp³-hybridized carbons (Fsp3) is 0.345. The molecule has 188 valence electrons. The number of carbonyl (C=O) groups is 1. The van der Waals surface area contributed by atoms with Gasteiger partial charge in [0.2, 0.25) is 0 Å². The van der Waals surface area contributed by atoms with E-state index in [1.807, 2.05) is 16.3 Å². The second-order valence-electron chi connectivity index (χ2n) is 9.96. The Kier molecular flexibility index (Phi) is 6.42. The first-order valence-electron chi connectivity index (χ1n) is 13.1. The molecule has 1 amide bonds. The van der Waals surface area contributed by atoms with Crippen LogP contribution < -0.4 is 0 Å². The first-order valence-corrected chi connectivity index (χ1v) is 13.9. The molecule has 37 heavy (non-hydrogen) atoms. The van der Waals surface area contributed by atoms with Crippen molar-refractivity contribution in [1.82, 2.24) is 24.7 Å². The zero-order valence-corrected chi connectivity index (χ0v) is 21.8. The van der Waals surface area contributed by atoms with Crippen molar-refractivity contribution in [2.45, 2.75) is 64.0 Å². The second-order valence-corrected chi connectivity index (χ2v) is 10.6. The van der Waals surface area contributed by atoms with E-state index in [1.54, 1.807) is 6.20 Å². The van der Waals surface area contributed by atoms with E-state index >= 15 is 0 Å². The minimum absolute atomic E-state index is 0.199. The van der Waals surface area contributed by atoms with Crippen molar-refractivity contribution in [3.8, 4) is 33.6 Å². The number of hydrogen-bond acceptors (Lipinski definition) is 6. The molecule has 4 aromatic rings. The van der Waals surface area contributed by atoms with Gasteiger partial charge in [0.1, 0.15) is 17.1 Å². The Morgan fingerprint density at radius 3 is 2.51 bits per heavy atom. The third kappa shape index (κ3) is 4.50. The van der Waals surface area contributed by atoms with E-state index in [1.165, 1.54) is 11.5 Å². The van der Waals surface area contributed by atoms with Crippen LogP contribution in [0.15, 0.2) is 65.1 Å². The van der Waals surface area contributed by atoms with Crippen molar-refractivity contribution in [3.05, 3.63) is 65.7 Å². The summed E-state index contributed by atoms with van der Waals surface area (Å²) in [5, 5.41) is 13.0. The summed E-state index contributed by atoms with van der Waals surface area (Å²) in [5.41, 5.74) is 6.59.